The van der Waals surface area contributed by atoms with Gasteiger partial charge in [-0.2, -0.15) is 0 Å². The molecule has 210 valence electrons. The van der Waals surface area contributed by atoms with Gasteiger partial charge in [-0.05, 0) is 35.7 Å². The second-order valence-corrected chi connectivity index (χ2v) is 9.50. The van der Waals surface area contributed by atoms with Crippen molar-refractivity contribution < 1.29 is 33.7 Å². The summed E-state index contributed by atoms with van der Waals surface area (Å²) < 4.78 is 16.2. The van der Waals surface area contributed by atoms with Gasteiger partial charge < -0.3 is 34.4 Å². The van der Waals surface area contributed by atoms with Crippen molar-refractivity contribution in [1.29, 1.82) is 0 Å². The number of fused-ring (bicyclic) bond motifs is 2. The van der Waals surface area contributed by atoms with Crippen molar-refractivity contribution >= 4 is 33.7 Å². The fourth-order valence-corrected chi connectivity index (χ4v) is 4.68. The number of rotatable bonds is 10. The molecule has 4 N–H and O–H groups in total. The molecule has 0 saturated heterocycles. The van der Waals surface area contributed by atoms with E-state index in [1.165, 1.54) is 37.6 Å². The number of phenols is 2. The highest BCUT2D eigenvalue weighted by molar-refractivity contribution is 5.89. The number of benzene rings is 3. The Balaban J connectivity index is 1.19. The summed E-state index contributed by atoms with van der Waals surface area (Å²) in [6.45, 7) is 0.138. The van der Waals surface area contributed by atoms with Gasteiger partial charge in [0.25, 0.3) is 0 Å². The summed E-state index contributed by atoms with van der Waals surface area (Å²) in [4.78, 5) is 41.2. The molecule has 0 aliphatic carbocycles. The van der Waals surface area contributed by atoms with E-state index in [1.54, 1.807) is 12.1 Å². The smallest absolute Gasteiger partial charge is 0.328 e. The maximum atomic E-state index is 13.0. The first-order valence-corrected chi connectivity index (χ1v) is 13.0. The van der Waals surface area contributed by atoms with Crippen molar-refractivity contribution in [1.82, 2.24) is 10.3 Å². The fourth-order valence-electron chi connectivity index (χ4n) is 4.68. The third-order valence-corrected chi connectivity index (χ3v) is 6.75. The molecule has 0 radical (unpaired) electrons. The molecule has 2 aromatic heterocycles. The lowest BCUT2D eigenvalue weighted by atomic mass is 10.0. The number of phenolic OH excluding ortho intramolecular Hbond substituents is 2. The highest BCUT2D eigenvalue weighted by atomic mass is 16.5. The number of aromatic nitrogens is 1. The molecule has 5 rings (SSSR count). The predicted octanol–water partition coefficient (Wildman–Crippen LogP) is 4.41. The molecule has 10 nitrogen and oxygen atoms in total. The molecule has 10 heteroatoms. The van der Waals surface area contributed by atoms with Crippen LogP contribution in [0.1, 0.15) is 18.4 Å². The van der Waals surface area contributed by atoms with Gasteiger partial charge in [-0.25, -0.2) is 4.79 Å². The lowest BCUT2D eigenvalue weighted by Gasteiger charge is -2.16. The van der Waals surface area contributed by atoms with Gasteiger partial charge in [-0.1, -0.05) is 30.3 Å². The van der Waals surface area contributed by atoms with Crippen LogP contribution in [0.5, 0.6) is 17.2 Å². The van der Waals surface area contributed by atoms with Crippen LogP contribution in [-0.4, -0.2) is 46.8 Å². The summed E-state index contributed by atoms with van der Waals surface area (Å²) in [6.07, 6.45) is 3.80. The molecule has 0 aliphatic heterocycles. The fraction of sp³-hybridized carbons (Fsp3) is 0.194. The number of carbonyl (C=O) groups excluding carboxylic acids is 2. The molecule has 5 aromatic rings. The highest BCUT2D eigenvalue weighted by Crippen LogP contribution is 2.31. The van der Waals surface area contributed by atoms with Gasteiger partial charge in [-0.15, -0.1) is 0 Å². The molecule has 0 bridgehead atoms. The molecular weight excluding hydrogens is 528 g/mol. The number of nitrogens with one attached hydrogen (secondary N) is 2. The summed E-state index contributed by atoms with van der Waals surface area (Å²) in [5.41, 5.74) is 2.31. The van der Waals surface area contributed by atoms with Gasteiger partial charge in [0.15, 0.2) is 0 Å². The van der Waals surface area contributed by atoms with Crippen LogP contribution in [0.4, 0.5) is 0 Å². The number of aromatic amines is 1. The van der Waals surface area contributed by atoms with Gasteiger partial charge in [0.1, 0.15) is 40.5 Å². The Morgan fingerprint density at radius 3 is 2.63 bits per heavy atom. The molecule has 0 unspecified atom stereocenters. The number of para-hydroxylation sites is 1. The largest absolute Gasteiger partial charge is 0.508 e. The van der Waals surface area contributed by atoms with Crippen molar-refractivity contribution in [3.05, 3.63) is 88.9 Å². The second kappa shape index (κ2) is 11.9. The molecule has 1 atom stereocenters. The average Bonchev–Trinajstić information content (AvgIpc) is 3.38. The van der Waals surface area contributed by atoms with Gasteiger partial charge in [-0.3, -0.25) is 9.59 Å². The standard InChI is InChI=1S/C31H28N2O8/c1-39-31(38)25(13-19-16-32-24-6-3-2-5-22(19)24)33-28(36)7-4-12-40-21-14-26(35)29-27(15-21)41-17-23(30(29)37)18-8-10-20(34)11-9-18/h2-3,5-6,8-11,14-17,25,32,34-35H,4,7,12-13H2,1H3,(H,33,36)/t25-/m0/s1. The number of esters is 1. The lowest BCUT2D eigenvalue weighted by molar-refractivity contribution is -0.145. The minimum absolute atomic E-state index is 0.00588. The summed E-state index contributed by atoms with van der Waals surface area (Å²) in [6, 6.07) is 15.7. The first-order valence-electron chi connectivity index (χ1n) is 13.0. The Morgan fingerprint density at radius 1 is 1.07 bits per heavy atom. The molecule has 0 aliphatic rings. The molecule has 2 heterocycles. The molecule has 3 aromatic carbocycles. The van der Waals surface area contributed by atoms with Crippen LogP contribution in [0.25, 0.3) is 33.0 Å². The molecular formula is C31H28N2O8. The number of H-pyrrole nitrogens is 1. The van der Waals surface area contributed by atoms with Crippen molar-refractivity contribution in [3.63, 3.8) is 0 Å². The zero-order chi connectivity index (χ0) is 28.9. The first kappa shape index (κ1) is 27.3. The average molecular weight is 557 g/mol. The third kappa shape index (κ3) is 6.01. The Morgan fingerprint density at radius 2 is 1.85 bits per heavy atom. The summed E-state index contributed by atoms with van der Waals surface area (Å²) in [7, 11) is 1.28. The van der Waals surface area contributed by atoms with E-state index in [0.29, 0.717) is 12.0 Å². The monoisotopic (exact) mass is 556 g/mol. The van der Waals surface area contributed by atoms with Crippen LogP contribution in [0.15, 0.2) is 82.3 Å². The lowest BCUT2D eigenvalue weighted by Crippen LogP contribution is -2.43. The van der Waals surface area contributed by atoms with E-state index in [2.05, 4.69) is 10.3 Å². The van der Waals surface area contributed by atoms with E-state index in [-0.39, 0.29) is 59.1 Å². The minimum Gasteiger partial charge on any atom is -0.508 e. The van der Waals surface area contributed by atoms with E-state index in [0.717, 1.165) is 16.5 Å². The van der Waals surface area contributed by atoms with Crippen LogP contribution in [-0.2, 0) is 20.7 Å². The first-order chi connectivity index (χ1) is 19.8. The summed E-state index contributed by atoms with van der Waals surface area (Å²) in [5, 5.41) is 23.8. The summed E-state index contributed by atoms with van der Waals surface area (Å²) in [5.74, 6) is -0.847. The topological polar surface area (TPSA) is 151 Å². The van der Waals surface area contributed by atoms with E-state index in [1.807, 2.05) is 30.5 Å². The van der Waals surface area contributed by atoms with Gasteiger partial charge in [0, 0.05) is 42.1 Å². The Hall–Kier alpha value is -5.25. The number of methoxy groups -OCH3 is 1. The number of carbonyl (C=O) groups is 2. The SMILES string of the molecule is COC(=O)[C@H](Cc1c[nH]c2ccccc12)NC(=O)CCCOc1cc(O)c2c(=O)c(-c3ccc(O)cc3)coc2c1. The number of amides is 1. The van der Waals surface area contributed by atoms with E-state index >= 15 is 0 Å². The normalized spacial score (nSPS) is 11.8. The maximum Gasteiger partial charge on any atom is 0.328 e. The Bertz CT molecular complexity index is 1770. The molecule has 41 heavy (non-hydrogen) atoms. The maximum absolute atomic E-state index is 13.0. The Labute approximate surface area is 234 Å². The van der Waals surface area contributed by atoms with Gasteiger partial charge >= 0.3 is 5.97 Å². The van der Waals surface area contributed by atoms with Crippen LogP contribution in [0.2, 0.25) is 0 Å². The number of hydrogen-bond donors (Lipinski definition) is 4. The molecule has 0 saturated carbocycles. The van der Waals surface area contributed by atoms with E-state index < -0.39 is 17.4 Å². The quantitative estimate of drug-likeness (QED) is 0.146. The minimum atomic E-state index is -0.848. The van der Waals surface area contributed by atoms with Crippen molar-refractivity contribution in [3.8, 4) is 28.4 Å². The number of ether oxygens (including phenoxy) is 2. The molecule has 0 fully saturated rings. The molecule has 0 spiro atoms. The van der Waals surface area contributed by atoms with Crippen LogP contribution in [0, 0.1) is 0 Å². The number of aromatic hydroxyl groups is 2. The van der Waals surface area contributed by atoms with E-state index in [4.69, 9.17) is 13.9 Å². The summed E-state index contributed by atoms with van der Waals surface area (Å²) >= 11 is 0. The van der Waals surface area contributed by atoms with Crippen molar-refractivity contribution in [2.24, 2.45) is 0 Å². The predicted molar refractivity (Wildman–Crippen MR) is 152 cm³/mol. The highest BCUT2D eigenvalue weighted by Gasteiger charge is 2.23. The zero-order valence-corrected chi connectivity index (χ0v) is 22.2. The Kier molecular flexibility index (Phi) is 7.91. The van der Waals surface area contributed by atoms with Crippen LogP contribution >= 0.6 is 0 Å². The zero-order valence-electron chi connectivity index (χ0n) is 22.2. The van der Waals surface area contributed by atoms with Crippen LogP contribution in [0.3, 0.4) is 0 Å². The van der Waals surface area contributed by atoms with E-state index in [9.17, 15) is 24.6 Å². The third-order valence-electron chi connectivity index (χ3n) is 6.75. The van der Waals surface area contributed by atoms with Gasteiger partial charge in [0.2, 0.25) is 11.3 Å². The van der Waals surface area contributed by atoms with Crippen molar-refractivity contribution in [2.75, 3.05) is 13.7 Å². The van der Waals surface area contributed by atoms with Crippen LogP contribution < -0.4 is 15.5 Å². The number of hydrogen-bond acceptors (Lipinski definition) is 8. The van der Waals surface area contributed by atoms with Crippen molar-refractivity contribution in [2.45, 2.75) is 25.3 Å². The second-order valence-electron chi connectivity index (χ2n) is 9.50. The van der Waals surface area contributed by atoms with Gasteiger partial charge in [0.05, 0.1) is 19.3 Å². The molecule has 1 amide bonds.